The minimum Gasteiger partial charge on any atom is -0.368 e. The summed E-state index contributed by atoms with van der Waals surface area (Å²) < 4.78 is 0. The van der Waals surface area contributed by atoms with Gasteiger partial charge in [0.25, 0.3) is 0 Å². The molecule has 5 heteroatoms. The van der Waals surface area contributed by atoms with Crippen LogP contribution in [0, 0.1) is 23.2 Å². The minimum absolute atomic E-state index is 0.442. The van der Waals surface area contributed by atoms with Crippen molar-refractivity contribution >= 4 is 28.4 Å². The smallest absolute Gasteiger partial charge is 0.228 e. The summed E-state index contributed by atoms with van der Waals surface area (Å²) in [6, 6.07) is 19.7. The molecule has 4 aliphatic carbocycles. The number of nitrogens with one attached hydrogen (secondary N) is 1. The van der Waals surface area contributed by atoms with E-state index < -0.39 is 0 Å². The molecule has 3 aromatic rings. The quantitative estimate of drug-likeness (QED) is 0.501. The molecule has 1 saturated heterocycles. The van der Waals surface area contributed by atoms with Gasteiger partial charge in [0.1, 0.15) is 5.82 Å². The number of anilines is 3. The number of hydrogen-bond donors (Lipinski definition) is 1. The van der Waals surface area contributed by atoms with E-state index in [1.807, 2.05) is 0 Å². The molecule has 4 bridgehead atoms. The van der Waals surface area contributed by atoms with Crippen molar-refractivity contribution in [3.05, 3.63) is 54.6 Å². The lowest BCUT2D eigenvalue weighted by atomic mass is 9.48. The van der Waals surface area contributed by atoms with Crippen molar-refractivity contribution in [1.29, 1.82) is 0 Å². The second-order valence-corrected chi connectivity index (χ2v) is 11.8. The molecule has 1 atom stereocenters. The van der Waals surface area contributed by atoms with Crippen LogP contribution < -0.4 is 15.1 Å². The van der Waals surface area contributed by atoms with E-state index in [9.17, 15) is 0 Å². The largest absolute Gasteiger partial charge is 0.368 e. The third kappa shape index (κ3) is 3.84. The van der Waals surface area contributed by atoms with Gasteiger partial charge in [-0.25, -0.2) is 4.98 Å². The van der Waals surface area contributed by atoms with E-state index >= 15 is 0 Å². The van der Waals surface area contributed by atoms with Crippen molar-refractivity contribution in [3.63, 3.8) is 0 Å². The number of benzene rings is 2. The Morgan fingerprint density at radius 3 is 2.06 bits per heavy atom. The molecule has 1 N–H and O–H groups in total. The summed E-state index contributed by atoms with van der Waals surface area (Å²) in [6.07, 6.45) is 8.68. The fourth-order valence-electron chi connectivity index (χ4n) is 8.19. The minimum atomic E-state index is 0.442. The van der Waals surface area contributed by atoms with Gasteiger partial charge in [0.05, 0.1) is 5.52 Å². The topological polar surface area (TPSA) is 44.3 Å². The number of para-hydroxylation sites is 2. The predicted octanol–water partition coefficient (Wildman–Crippen LogP) is 5.97. The molecule has 1 aliphatic heterocycles. The Kier molecular flexibility index (Phi) is 5.14. The maximum Gasteiger partial charge on any atom is 0.228 e. The number of hydrogen-bond acceptors (Lipinski definition) is 5. The van der Waals surface area contributed by atoms with Crippen molar-refractivity contribution in [1.82, 2.24) is 9.97 Å². The molecule has 1 aromatic heterocycles. The predicted molar refractivity (Wildman–Crippen MR) is 144 cm³/mol. The van der Waals surface area contributed by atoms with Crippen LogP contribution in [0.3, 0.4) is 0 Å². The van der Waals surface area contributed by atoms with Gasteiger partial charge in [-0.3, -0.25) is 0 Å². The number of nitrogens with zero attached hydrogens (tertiary/aromatic N) is 4. The van der Waals surface area contributed by atoms with Crippen LogP contribution in [0.15, 0.2) is 54.6 Å². The first-order chi connectivity index (χ1) is 17.1. The van der Waals surface area contributed by atoms with Crippen molar-refractivity contribution in [3.8, 4) is 0 Å². The van der Waals surface area contributed by atoms with E-state index in [1.165, 1.54) is 44.2 Å². The van der Waals surface area contributed by atoms with Gasteiger partial charge in [-0.15, -0.1) is 0 Å². The highest BCUT2D eigenvalue weighted by Gasteiger charge is 2.53. The Labute approximate surface area is 208 Å². The van der Waals surface area contributed by atoms with Crippen LogP contribution in [0.2, 0.25) is 0 Å². The molecule has 5 aliphatic rings. The normalized spacial score (nSPS) is 30.6. The number of piperazine rings is 1. The molecule has 5 fully saturated rings. The van der Waals surface area contributed by atoms with Gasteiger partial charge >= 0.3 is 0 Å². The van der Waals surface area contributed by atoms with Crippen LogP contribution in [0.25, 0.3) is 10.9 Å². The van der Waals surface area contributed by atoms with E-state index in [0.717, 1.165) is 66.6 Å². The SMILES string of the molecule is CC(Nc1nc(N2CCN(c3ccccc3)CC2)nc2ccccc12)C12CC3CC(CC(C3)C1)C2. The third-order valence-corrected chi connectivity index (χ3v) is 9.63. The average molecular weight is 468 g/mol. The zero-order chi connectivity index (χ0) is 23.4. The van der Waals surface area contributed by atoms with Gasteiger partial charge in [-0.05, 0) is 92.9 Å². The lowest BCUT2D eigenvalue weighted by molar-refractivity contribution is -0.0602. The van der Waals surface area contributed by atoms with Gasteiger partial charge in [0.2, 0.25) is 5.95 Å². The molecule has 182 valence electrons. The van der Waals surface area contributed by atoms with E-state index in [0.29, 0.717) is 11.5 Å². The molecule has 5 nitrogen and oxygen atoms in total. The molecule has 1 unspecified atom stereocenters. The highest BCUT2D eigenvalue weighted by molar-refractivity contribution is 5.90. The van der Waals surface area contributed by atoms with Crippen LogP contribution in [0.1, 0.15) is 45.4 Å². The summed E-state index contributed by atoms with van der Waals surface area (Å²) >= 11 is 0. The molecular weight excluding hydrogens is 430 g/mol. The molecule has 8 rings (SSSR count). The first-order valence-corrected chi connectivity index (χ1v) is 13.7. The first-order valence-electron chi connectivity index (χ1n) is 13.7. The summed E-state index contributed by atoms with van der Waals surface area (Å²) in [5.41, 5.74) is 2.80. The molecule has 0 amide bonds. The molecule has 0 radical (unpaired) electrons. The van der Waals surface area contributed by atoms with Crippen LogP contribution in [0.5, 0.6) is 0 Å². The molecular formula is C30H37N5. The summed E-state index contributed by atoms with van der Waals surface area (Å²) in [5, 5.41) is 5.12. The Balaban J connectivity index is 1.14. The highest BCUT2D eigenvalue weighted by atomic mass is 15.3. The van der Waals surface area contributed by atoms with Gasteiger partial charge in [-0.2, -0.15) is 4.98 Å². The zero-order valence-corrected chi connectivity index (χ0v) is 20.9. The fraction of sp³-hybridized carbons (Fsp3) is 0.533. The van der Waals surface area contributed by atoms with E-state index in [1.54, 1.807) is 0 Å². The van der Waals surface area contributed by atoms with Gasteiger partial charge in [0.15, 0.2) is 0 Å². The lowest BCUT2D eigenvalue weighted by Gasteiger charge is -2.59. The lowest BCUT2D eigenvalue weighted by Crippen LogP contribution is -2.53. The second kappa shape index (κ2) is 8.39. The molecule has 35 heavy (non-hydrogen) atoms. The van der Waals surface area contributed by atoms with E-state index in [2.05, 4.69) is 76.6 Å². The molecule has 4 saturated carbocycles. The van der Waals surface area contributed by atoms with Crippen LogP contribution >= 0.6 is 0 Å². The van der Waals surface area contributed by atoms with Crippen molar-refractivity contribution in [2.75, 3.05) is 41.3 Å². The van der Waals surface area contributed by atoms with Gasteiger partial charge in [0, 0.05) is 43.3 Å². The maximum atomic E-state index is 5.18. The summed E-state index contributed by atoms with van der Waals surface area (Å²) in [5.74, 6) is 4.79. The van der Waals surface area contributed by atoms with E-state index in [4.69, 9.17) is 9.97 Å². The van der Waals surface area contributed by atoms with Crippen molar-refractivity contribution < 1.29 is 0 Å². The summed E-state index contributed by atoms with van der Waals surface area (Å²) in [6.45, 7) is 6.30. The fourth-order valence-corrected chi connectivity index (χ4v) is 8.19. The molecule has 2 heterocycles. The van der Waals surface area contributed by atoms with Crippen LogP contribution in [-0.4, -0.2) is 42.2 Å². The number of rotatable bonds is 5. The first kappa shape index (κ1) is 21.5. The average Bonchev–Trinajstić information content (AvgIpc) is 2.88. The highest BCUT2D eigenvalue weighted by Crippen LogP contribution is 2.61. The Morgan fingerprint density at radius 2 is 1.37 bits per heavy atom. The Bertz CT molecular complexity index is 1160. The maximum absolute atomic E-state index is 5.18. The monoisotopic (exact) mass is 467 g/mol. The molecule has 2 aromatic carbocycles. The Hall–Kier alpha value is -2.82. The summed E-state index contributed by atoms with van der Waals surface area (Å²) in [4.78, 5) is 15.0. The van der Waals surface area contributed by atoms with Crippen LogP contribution in [-0.2, 0) is 0 Å². The summed E-state index contributed by atoms with van der Waals surface area (Å²) in [7, 11) is 0. The third-order valence-electron chi connectivity index (χ3n) is 9.63. The standard InChI is InChI=1S/C30H37N5/c1-21(30-18-22-15-23(19-30)17-24(16-22)20-30)31-28-26-9-5-6-10-27(26)32-29(33-28)35-13-11-34(12-14-35)25-7-3-2-4-8-25/h2-10,21-24H,11-20H2,1H3,(H,31,32,33). The second-order valence-electron chi connectivity index (χ2n) is 11.8. The van der Waals surface area contributed by atoms with Crippen LogP contribution in [0.4, 0.5) is 17.5 Å². The van der Waals surface area contributed by atoms with Gasteiger partial charge in [-0.1, -0.05) is 30.3 Å². The van der Waals surface area contributed by atoms with Crippen molar-refractivity contribution in [2.24, 2.45) is 23.2 Å². The number of fused-ring (bicyclic) bond motifs is 1. The Morgan fingerprint density at radius 1 is 0.771 bits per heavy atom. The number of aromatic nitrogens is 2. The van der Waals surface area contributed by atoms with Crippen molar-refractivity contribution in [2.45, 2.75) is 51.5 Å². The van der Waals surface area contributed by atoms with Gasteiger partial charge < -0.3 is 15.1 Å². The zero-order valence-electron chi connectivity index (χ0n) is 20.9. The van der Waals surface area contributed by atoms with E-state index in [-0.39, 0.29) is 0 Å². The molecule has 0 spiro atoms.